The van der Waals surface area contributed by atoms with Crippen LogP contribution in [-0.2, 0) is 0 Å². The lowest BCUT2D eigenvalue weighted by molar-refractivity contribution is 1.30. The summed E-state index contributed by atoms with van der Waals surface area (Å²) >= 11 is 4.76. The molecule has 0 saturated carbocycles. The van der Waals surface area contributed by atoms with Gasteiger partial charge in [-0.05, 0) is 12.1 Å². The second-order valence-corrected chi connectivity index (χ2v) is 1.67. The van der Waals surface area contributed by atoms with Gasteiger partial charge in [0.1, 0.15) is 4.64 Å². The Kier molecular flexibility index (Phi) is 1.22. The minimum absolute atomic E-state index is 0. The van der Waals surface area contributed by atoms with Crippen molar-refractivity contribution in [3.63, 3.8) is 0 Å². The lowest BCUT2D eigenvalue weighted by atomic mass is 10.5. The van der Waals surface area contributed by atoms with Crippen LogP contribution in [0.15, 0.2) is 24.4 Å². The van der Waals surface area contributed by atoms with Crippen molar-refractivity contribution in [3.8, 4) is 0 Å². The molecule has 0 radical (unpaired) electrons. The van der Waals surface area contributed by atoms with E-state index in [1.807, 2.05) is 24.4 Å². The third kappa shape index (κ3) is 1.12. The fraction of sp³-hybridized carbons (Fsp3) is 0. The van der Waals surface area contributed by atoms with Crippen molar-refractivity contribution in [1.82, 2.24) is 4.98 Å². The Labute approximate surface area is 48.5 Å². The molecule has 2 heteroatoms. The number of H-pyrrole nitrogens is 1. The van der Waals surface area contributed by atoms with E-state index in [2.05, 4.69) is 4.98 Å². The van der Waals surface area contributed by atoms with Crippen LogP contribution in [0.4, 0.5) is 0 Å². The second-order valence-electron chi connectivity index (χ2n) is 1.23. The van der Waals surface area contributed by atoms with Crippen molar-refractivity contribution >= 4 is 12.2 Å². The number of hydrogen-bond donors (Lipinski definition) is 1. The van der Waals surface area contributed by atoms with Gasteiger partial charge >= 0.3 is 0 Å². The van der Waals surface area contributed by atoms with Crippen molar-refractivity contribution in [2.24, 2.45) is 0 Å². The molecule has 7 heavy (non-hydrogen) atoms. The van der Waals surface area contributed by atoms with Crippen molar-refractivity contribution in [2.45, 2.75) is 0 Å². The van der Waals surface area contributed by atoms with Gasteiger partial charge in [0.05, 0.1) is 0 Å². The highest BCUT2D eigenvalue weighted by Crippen LogP contribution is 1.80. The Bertz CT molecular complexity index is 178. The van der Waals surface area contributed by atoms with E-state index >= 15 is 0 Å². The van der Waals surface area contributed by atoms with Crippen LogP contribution in [0.25, 0.3) is 0 Å². The van der Waals surface area contributed by atoms with Gasteiger partial charge in [-0.1, -0.05) is 18.3 Å². The average Bonchev–Trinajstić information content (AvgIpc) is 1.69. The zero-order valence-corrected chi connectivity index (χ0v) is 4.53. The number of nitrogens with one attached hydrogen (secondary N) is 1. The van der Waals surface area contributed by atoms with Gasteiger partial charge in [-0.3, -0.25) is 0 Å². The SMILES string of the molecule is S=c1cccc[nH]1.[HH]. The zero-order chi connectivity index (χ0) is 5.11. The third-order valence-corrected chi connectivity index (χ3v) is 0.934. The Morgan fingerprint density at radius 3 is 2.71 bits per heavy atom. The first-order valence-electron chi connectivity index (χ1n) is 2.03. The summed E-state index contributed by atoms with van der Waals surface area (Å²) in [5, 5.41) is 0. The van der Waals surface area contributed by atoms with Gasteiger partial charge in [-0.25, -0.2) is 0 Å². The summed E-state index contributed by atoms with van der Waals surface area (Å²) in [4.78, 5) is 2.85. The van der Waals surface area contributed by atoms with Gasteiger partial charge in [-0.15, -0.1) is 0 Å². The van der Waals surface area contributed by atoms with Gasteiger partial charge in [0.15, 0.2) is 0 Å². The molecule has 0 bridgehead atoms. The highest BCUT2D eigenvalue weighted by molar-refractivity contribution is 7.71. The first kappa shape index (κ1) is 4.53. The van der Waals surface area contributed by atoms with Gasteiger partial charge in [0, 0.05) is 7.62 Å². The summed E-state index contributed by atoms with van der Waals surface area (Å²) in [5.74, 6) is 0. The van der Waals surface area contributed by atoms with Gasteiger partial charge in [0.2, 0.25) is 0 Å². The number of pyridine rings is 1. The predicted octanol–water partition coefficient (Wildman–Crippen LogP) is 1.99. The van der Waals surface area contributed by atoms with Crippen molar-refractivity contribution in [2.75, 3.05) is 0 Å². The largest absolute Gasteiger partial charge is 0.353 e. The van der Waals surface area contributed by atoms with E-state index < -0.39 is 0 Å². The Balaban J connectivity index is 0.000000490. The fourth-order valence-corrected chi connectivity index (χ4v) is 0.523. The van der Waals surface area contributed by atoms with Crippen LogP contribution >= 0.6 is 12.2 Å². The lowest BCUT2D eigenvalue weighted by Crippen LogP contribution is -1.64. The molecule has 1 aromatic heterocycles. The Morgan fingerprint density at radius 2 is 2.43 bits per heavy atom. The predicted molar refractivity (Wildman–Crippen MR) is 33.7 cm³/mol. The number of hydrogen-bond acceptors (Lipinski definition) is 1. The summed E-state index contributed by atoms with van der Waals surface area (Å²) in [6.45, 7) is 0. The molecule has 1 aromatic rings. The summed E-state index contributed by atoms with van der Waals surface area (Å²) in [6.07, 6.45) is 1.81. The quantitative estimate of drug-likeness (QED) is 0.509. The molecule has 0 unspecified atom stereocenters. The molecule has 0 amide bonds. The fourth-order valence-electron chi connectivity index (χ4n) is 0.377. The average molecular weight is 113 g/mol. The van der Waals surface area contributed by atoms with E-state index in [4.69, 9.17) is 12.2 Å². The topological polar surface area (TPSA) is 15.8 Å². The zero-order valence-electron chi connectivity index (χ0n) is 3.72. The molecule has 0 aliphatic rings. The minimum atomic E-state index is 0. The van der Waals surface area contributed by atoms with Crippen LogP contribution in [0, 0.1) is 4.64 Å². The standard InChI is InChI=1S/C5H5NS.H2/c7-5-3-1-2-4-6-5;/h1-4H,(H,6,7);1H. The molecule has 0 aromatic carbocycles. The molecule has 0 aliphatic heterocycles. The minimum Gasteiger partial charge on any atom is -0.353 e. The lowest BCUT2D eigenvalue weighted by Gasteiger charge is -1.76. The first-order valence-corrected chi connectivity index (χ1v) is 2.44. The number of aromatic amines is 1. The van der Waals surface area contributed by atoms with Gasteiger partial charge in [-0.2, -0.15) is 0 Å². The van der Waals surface area contributed by atoms with E-state index in [-0.39, 0.29) is 1.43 Å². The van der Waals surface area contributed by atoms with E-state index in [1.54, 1.807) is 0 Å². The molecule has 0 saturated heterocycles. The maximum absolute atomic E-state index is 4.76. The molecular formula is C5H7NS. The monoisotopic (exact) mass is 113 g/mol. The van der Waals surface area contributed by atoms with Gasteiger partial charge < -0.3 is 4.98 Å². The molecule has 0 fully saturated rings. The Hall–Kier alpha value is -0.630. The third-order valence-electron chi connectivity index (χ3n) is 0.681. The maximum atomic E-state index is 4.76. The van der Waals surface area contributed by atoms with E-state index in [9.17, 15) is 0 Å². The van der Waals surface area contributed by atoms with Crippen LogP contribution in [0.1, 0.15) is 1.43 Å². The molecular weight excluding hydrogens is 106 g/mol. The van der Waals surface area contributed by atoms with Crippen molar-refractivity contribution < 1.29 is 1.43 Å². The normalized spacial score (nSPS) is 8.57. The molecule has 1 N–H and O–H groups in total. The molecule has 0 aliphatic carbocycles. The van der Waals surface area contributed by atoms with Crippen LogP contribution in [0.2, 0.25) is 0 Å². The van der Waals surface area contributed by atoms with Crippen LogP contribution in [0.5, 0.6) is 0 Å². The van der Waals surface area contributed by atoms with E-state index in [0.29, 0.717) is 0 Å². The maximum Gasteiger partial charge on any atom is 0.103 e. The van der Waals surface area contributed by atoms with Crippen LogP contribution in [-0.4, -0.2) is 4.98 Å². The summed E-state index contributed by atoms with van der Waals surface area (Å²) in [7, 11) is 0. The summed E-state index contributed by atoms with van der Waals surface area (Å²) < 4.78 is 0.780. The highest BCUT2D eigenvalue weighted by Gasteiger charge is 1.65. The Morgan fingerprint density at radius 1 is 1.57 bits per heavy atom. The molecule has 1 heterocycles. The molecule has 1 rings (SSSR count). The van der Waals surface area contributed by atoms with Crippen LogP contribution < -0.4 is 0 Å². The first-order chi connectivity index (χ1) is 3.39. The van der Waals surface area contributed by atoms with Gasteiger partial charge in [0.25, 0.3) is 0 Å². The molecule has 1 nitrogen and oxygen atoms in total. The van der Waals surface area contributed by atoms with E-state index in [0.717, 1.165) is 4.64 Å². The summed E-state index contributed by atoms with van der Waals surface area (Å²) in [6, 6.07) is 5.64. The second kappa shape index (κ2) is 1.89. The summed E-state index contributed by atoms with van der Waals surface area (Å²) in [5.41, 5.74) is 0. The number of rotatable bonds is 0. The van der Waals surface area contributed by atoms with Crippen LogP contribution in [0.3, 0.4) is 0 Å². The molecule has 0 spiro atoms. The molecule has 38 valence electrons. The van der Waals surface area contributed by atoms with Crippen molar-refractivity contribution in [1.29, 1.82) is 0 Å². The van der Waals surface area contributed by atoms with E-state index in [1.165, 1.54) is 0 Å². The van der Waals surface area contributed by atoms with Crippen molar-refractivity contribution in [3.05, 3.63) is 29.0 Å². The number of aromatic nitrogens is 1. The highest BCUT2D eigenvalue weighted by atomic mass is 32.1. The smallest absolute Gasteiger partial charge is 0.103 e. The molecule has 0 atom stereocenters.